The molecule has 1 heterocycles. The lowest BCUT2D eigenvalue weighted by Crippen LogP contribution is -2.15. The molecule has 1 aliphatic rings. The SMILES string of the molecule is CC1=C(Nc2c(C)cccc2Cl)NCC1. The molecule has 1 aromatic rings. The average Bonchev–Trinajstić information content (AvgIpc) is 2.58. The molecule has 0 saturated carbocycles. The Hall–Kier alpha value is -1.15. The molecule has 0 aliphatic carbocycles. The molecular weight excluding hydrogens is 208 g/mol. The molecule has 0 saturated heterocycles. The molecule has 2 rings (SSSR count). The van der Waals surface area contributed by atoms with Crippen molar-refractivity contribution in [3.05, 3.63) is 40.2 Å². The molecule has 80 valence electrons. The van der Waals surface area contributed by atoms with Crippen molar-refractivity contribution in [2.24, 2.45) is 0 Å². The van der Waals surface area contributed by atoms with Gasteiger partial charge in [-0.15, -0.1) is 0 Å². The third kappa shape index (κ3) is 2.10. The number of rotatable bonds is 2. The number of anilines is 1. The van der Waals surface area contributed by atoms with Gasteiger partial charge in [-0.3, -0.25) is 0 Å². The second-order valence-corrected chi connectivity index (χ2v) is 4.30. The van der Waals surface area contributed by atoms with Gasteiger partial charge < -0.3 is 10.6 Å². The highest BCUT2D eigenvalue weighted by Gasteiger charge is 2.12. The van der Waals surface area contributed by atoms with Crippen LogP contribution in [0.4, 0.5) is 5.69 Å². The van der Waals surface area contributed by atoms with E-state index in [1.54, 1.807) is 0 Å². The van der Waals surface area contributed by atoms with Gasteiger partial charge in [-0.1, -0.05) is 23.7 Å². The Morgan fingerprint density at radius 3 is 2.73 bits per heavy atom. The van der Waals surface area contributed by atoms with Crippen LogP contribution >= 0.6 is 11.6 Å². The van der Waals surface area contributed by atoms with Crippen LogP contribution < -0.4 is 10.6 Å². The van der Waals surface area contributed by atoms with E-state index in [0.717, 1.165) is 35.1 Å². The lowest BCUT2D eigenvalue weighted by molar-refractivity contribution is 0.875. The summed E-state index contributed by atoms with van der Waals surface area (Å²) in [4.78, 5) is 0. The summed E-state index contributed by atoms with van der Waals surface area (Å²) in [5.74, 6) is 1.10. The van der Waals surface area contributed by atoms with Crippen molar-refractivity contribution in [3.8, 4) is 0 Å². The fourth-order valence-electron chi connectivity index (χ4n) is 1.72. The maximum atomic E-state index is 6.14. The second kappa shape index (κ2) is 4.15. The summed E-state index contributed by atoms with van der Waals surface area (Å²) < 4.78 is 0. The molecule has 0 fully saturated rings. The molecule has 0 amide bonds. The number of hydrogen-bond donors (Lipinski definition) is 2. The van der Waals surface area contributed by atoms with E-state index in [9.17, 15) is 0 Å². The highest BCUT2D eigenvalue weighted by molar-refractivity contribution is 6.33. The van der Waals surface area contributed by atoms with Crippen molar-refractivity contribution >= 4 is 17.3 Å². The van der Waals surface area contributed by atoms with Crippen molar-refractivity contribution in [2.75, 3.05) is 11.9 Å². The third-order valence-corrected chi connectivity index (χ3v) is 3.02. The van der Waals surface area contributed by atoms with Crippen LogP contribution in [0.15, 0.2) is 29.6 Å². The van der Waals surface area contributed by atoms with Gasteiger partial charge in [0.1, 0.15) is 5.82 Å². The smallest absolute Gasteiger partial charge is 0.102 e. The summed E-state index contributed by atoms with van der Waals surface area (Å²) in [7, 11) is 0. The van der Waals surface area contributed by atoms with Crippen molar-refractivity contribution in [2.45, 2.75) is 20.3 Å². The Balaban J connectivity index is 2.28. The lowest BCUT2D eigenvalue weighted by Gasteiger charge is -2.13. The standard InChI is InChI=1S/C12H15ClN2/c1-8-4-3-5-10(13)11(8)15-12-9(2)6-7-14-12/h3-5,14-15H,6-7H2,1-2H3. The molecule has 0 spiro atoms. The third-order valence-electron chi connectivity index (χ3n) is 2.70. The number of halogens is 1. The van der Waals surface area contributed by atoms with Crippen LogP contribution in [0.3, 0.4) is 0 Å². The first-order valence-corrected chi connectivity index (χ1v) is 5.52. The monoisotopic (exact) mass is 222 g/mol. The quantitative estimate of drug-likeness (QED) is 0.803. The summed E-state index contributed by atoms with van der Waals surface area (Å²) in [6, 6.07) is 5.92. The van der Waals surface area contributed by atoms with Crippen LogP contribution in [0.5, 0.6) is 0 Å². The normalized spacial score (nSPS) is 15.4. The second-order valence-electron chi connectivity index (χ2n) is 3.89. The minimum absolute atomic E-state index is 0.768. The van der Waals surface area contributed by atoms with Gasteiger partial charge >= 0.3 is 0 Å². The van der Waals surface area contributed by atoms with Gasteiger partial charge in [0.2, 0.25) is 0 Å². The Labute approximate surface area is 95.3 Å². The summed E-state index contributed by atoms with van der Waals surface area (Å²) in [6.07, 6.45) is 1.10. The van der Waals surface area contributed by atoms with Crippen LogP contribution in [0.2, 0.25) is 5.02 Å². The van der Waals surface area contributed by atoms with E-state index in [1.807, 2.05) is 12.1 Å². The Kier molecular flexibility index (Phi) is 2.87. The number of nitrogens with one attached hydrogen (secondary N) is 2. The molecule has 0 aromatic heterocycles. The van der Waals surface area contributed by atoms with Gasteiger partial charge in [-0.25, -0.2) is 0 Å². The van der Waals surface area contributed by atoms with Crippen molar-refractivity contribution < 1.29 is 0 Å². The molecule has 2 N–H and O–H groups in total. The van der Waals surface area contributed by atoms with E-state index in [0.29, 0.717) is 0 Å². The fraction of sp³-hybridized carbons (Fsp3) is 0.333. The van der Waals surface area contributed by atoms with E-state index < -0.39 is 0 Å². The van der Waals surface area contributed by atoms with Crippen molar-refractivity contribution in [1.29, 1.82) is 0 Å². The largest absolute Gasteiger partial charge is 0.371 e. The number of aryl methyl sites for hydroxylation is 1. The van der Waals surface area contributed by atoms with Crippen LogP contribution in [0, 0.1) is 6.92 Å². The number of hydrogen-bond acceptors (Lipinski definition) is 2. The predicted molar refractivity (Wildman–Crippen MR) is 65.1 cm³/mol. The summed E-state index contributed by atoms with van der Waals surface area (Å²) >= 11 is 6.14. The Bertz CT molecular complexity index is 390. The minimum atomic E-state index is 0.768. The fourth-order valence-corrected chi connectivity index (χ4v) is 1.99. The van der Waals surface area contributed by atoms with Gasteiger partial charge in [-0.05, 0) is 37.5 Å². The number of para-hydroxylation sites is 1. The van der Waals surface area contributed by atoms with Gasteiger partial charge in [0.15, 0.2) is 0 Å². The van der Waals surface area contributed by atoms with Gasteiger partial charge in [0.05, 0.1) is 10.7 Å². The first-order chi connectivity index (χ1) is 7.18. The first-order valence-electron chi connectivity index (χ1n) is 5.14. The summed E-state index contributed by atoms with van der Waals surface area (Å²) in [5.41, 5.74) is 3.52. The molecule has 0 radical (unpaired) electrons. The zero-order valence-electron chi connectivity index (χ0n) is 9.02. The molecule has 0 unspecified atom stereocenters. The highest BCUT2D eigenvalue weighted by Crippen LogP contribution is 2.27. The van der Waals surface area contributed by atoms with E-state index >= 15 is 0 Å². The maximum Gasteiger partial charge on any atom is 0.102 e. The summed E-state index contributed by atoms with van der Waals surface area (Å²) in [6.45, 7) is 5.20. The van der Waals surface area contributed by atoms with Crippen LogP contribution in [-0.2, 0) is 0 Å². The zero-order chi connectivity index (χ0) is 10.8. The number of benzene rings is 1. The molecule has 2 nitrogen and oxygen atoms in total. The first kappa shape index (κ1) is 10.4. The van der Waals surface area contributed by atoms with E-state index in [1.165, 1.54) is 5.57 Å². The molecule has 3 heteroatoms. The van der Waals surface area contributed by atoms with Crippen molar-refractivity contribution in [1.82, 2.24) is 5.32 Å². The Morgan fingerprint density at radius 1 is 1.33 bits per heavy atom. The highest BCUT2D eigenvalue weighted by atomic mass is 35.5. The van der Waals surface area contributed by atoms with Gasteiger partial charge in [-0.2, -0.15) is 0 Å². The van der Waals surface area contributed by atoms with Crippen LogP contribution in [0.1, 0.15) is 18.9 Å². The zero-order valence-corrected chi connectivity index (χ0v) is 9.78. The predicted octanol–water partition coefficient (Wildman–Crippen LogP) is 3.29. The van der Waals surface area contributed by atoms with Crippen LogP contribution in [0.25, 0.3) is 0 Å². The molecule has 1 aromatic carbocycles. The average molecular weight is 223 g/mol. The molecule has 15 heavy (non-hydrogen) atoms. The topological polar surface area (TPSA) is 24.1 Å². The van der Waals surface area contributed by atoms with E-state index in [-0.39, 0.29) is 0 Å². The molecule has 1 aliphatic heterocycles. The Morgan fingerprint density at radius 2 is 2.13 bits per heavy atom. The van der Waals surface area contributed by atoms with Gasteiger partial charge in [0, 0.05) is 6.54 Å². The van der Waals surface area contributed by atoms with Crippen LogP contribution in [-0.4, -0.2) is 6.54 Å². The molecular formula is C12H15ClN2. The lowest BCUT2D eigenvalue weighted by atomic mass is 10.2. The van der Waals surface area contributed by atoms with E-state index in [4.69, 9.17) is 11.6 Å². The minimum Gasteiger partial charge on any atom is -0.371 e. The van der Waals surface area contributed by atoms with E-state index in [2.05, 4.69) is 30.5 Å². The maximum absolute atomic E-state index is 6.14. The van der Waals surface area contributed by atoms with Gasteiger partial charge in [0.25, 0.3) is 0 Å². The molecule has 0 bridgehead atoms. The molecule has 0 atom stereocenters. The van der Waals surface area contributed by atoms with Crippen molar-refractivity contribution in [3.63, 3.8) is 0 Å². The summed E-state index contributed by atoms with van der Waals surface area (Å²) in [5, 5.41) is 7.45.